The average Bonchev–Trinajstić information content (AvgIpc) is 3.01. The number of nitrogens with one attached hydrogen (secondary N) is 2. The van der Waals surface area contributed by atoms with E-state index in [1.807, 2.05) is 0 Å². The zero-order valence-electron chi connectivity index (χ0n) is 12.4. The van der Waals surface area contributed by atoms with Crippen molar-refractivity contribution in [3.05, 3.63) is 51.9 Å². The molecule has 0 aliphatic heterocycles. The Bertz CT molecular complexity index is 934. The third-order valence-corrected chi connectivity index (χ3v) is 3.87. The minimum Gasteiger partial charge on any atom is -0.481 e. The zero-order valence-corrected chi connectivity index (χ0v) is 13.9. The number of carbonyl (C=O) groups excluding carboxylic acids is 1. The number of carbonyl (C=O) groups is 1. The Labute approximate surface area is 146 Å². The Morgan fingerprint density at radius 3 is 2.67 bits per heavy atom. The fraction of sp³-hybridized carbons (Fsp3) is 0.0667. The third-order valence-electron chi connectivity index (χ3n) is 3.30. The van der Waals surface area contributed by atoms with Gasteiger partial charge in [0.1, 0.15) is 5.69 Å². The Balaban J connectivity index is 2.07. The first-order chi connectivity index (χ1) is 11.5. The van der Waals surface area contributed by atoms with Crippen molar-refractivity contribution in [2.75, 3.05) is 12.4 Å². The predicted octanol–water partition coefficient (Wildman–Crippen LogP) is 3.29. The Morgan fingerprint density at radius 1 is 1.33 bits per heavy atom. The number of methoxy groups -OCH3 is 1. The van der Waals surface area contributed by atoms with Crippen LogP contribution < -0.4 is 10.1 Å². The van der Waals surface area contributed by atoms with Gasteiger partial charge in [0.25, 0.3) is 5.91 Å². The highest BCUT2D eigenvalue weighted by atomic mass is 35.5. The summed E-state index contributed by atoms with van der Waals surface area (Å²) in [5.41, 5.74) is 1.50. The van der Waals surface area contributed by atoms with Crippen molar-refractivity contribution in [3.63, 3.8) is 0 Å². The number of amides is 1. The lowest BCUT2D eigenvalue weighted by Crippen LogP contribution is -2.14. The molecule has 0 saturated carbocycles. The molecule has 0 aliphatic rings. The Hall–Kier alpha value is -2.64. The second kappa shape index (κ2) is 6.46. The van der Waals surface area contributed by atoms with E-state index in [-0.39, 0.29) is 15.7 Å². The fourth-order valence-corrected chi connectivity index (χ4v) is 2.66. The highest BCUT2D eigenvalue weighted by Crippen LogP contribution is 2.29. The number of pyridine rings is 2. The smallest absolute Gasteiger partial charge is 0.257 e. The maximum absolute atomic E-state index is 12.6. The molecule has 0 radical (unpaired) electrons. The molecule has 3 aromatic heterocycles. The fourth-order valence-electron chi connectivity index (χ4n) is 2.20. The van der Waals surface area contributed by atoms with E-state index >= 15 is 0 Å². The molecule has 24 heavy (non-hydrogen) atoms. The first kappa shape index (κ1) is 16.2. The molecule has 0 fully saturated rings. The average molecular weight is 364 g/mol. The van der Waals surface area contributed by atoms with Gasteiger partial charge in [0.05, 0.1) is 33.9 Å². The molecule has 9 heteroatoms. The summed E-state index contributed by atoms with van der Waals surface area (Å²) in [5.74, 6) is 0.0173. The van der Waals surface area contributed by atoms with Crippen LogP contribution >= 0.6 is 23.2 Å². The van der Waals surface area contributed by atoms with Crippen LogP contribution in [0, 0.1) is 5.41 Å². The molecule has 0 unspecified atom stereocenters. The van der Waals surface area contributed by atoms with Crippen LogP contribution in [0.3, 0.4) is 0 Å². The molecule has 0 aliphatic carbocycles. The number of hydrogen-bond acceptors (Lipinski definition) is 5. The molecular formula is C15H11Cl2N5O2. The molecule has 0 bridgehead atoms. The van der Waals surface area contributed by atoms with E-state index in [0.717, 1.165) is 6.21 Å². The lowest BCUT2D eigenvalue weighted by atomic mass is 10.2. The van der Waals surface area contributed by atoms with Crippen LogP contribution in [0.5, 0.6) is 5.88 Å². The predicted molar refractivity (Wildman–Crippen MR) is 91.8 cm³/mol. The molecule has 2 N–H and O–H groups in total. The molecule has 122 valence electrons. The zero-order chi connectivity index (χ0) is 17.3. The first-order valence-electron chi connectivity index (χ1n) is 6.72. The number of anilines is 1. The highest BCUT2D eigenvalue weighted by molar-refractivity contribution is 6.39. The normalized spacial score (nSPS) is 10.6. The van der Waals surface area contributed by atoms with Gasteiger partial charge >= 0.3 is 0 Å². The Kier molecular flexibility index (Phi) is 4.37. The minimum absolute atomic E-state index is 0.231. The number of nitrogens with zero attached hydrogens (tertiary/aromatic N) is 3. The third kappa shape index (κ3) is 2.79. The van der Waals surface area contributed by atoms with E-state index in [1.54, 1.807) is 18.2 Å². The second-order valence-corrected chi connectivity index (χ2v) is 5.55. The number of fused-ring (bicyclic) bond motifs is 1. The van der Waals surface area contributed by atoms with Crippen LogP contribution in [-0.4, -0.2) is 33.8 Å². The molecule has 0 atom stereocenters. The van der Waals surface area contributed by atoms with Crippen molar-refractivity contribution in [3.8, 4) is 5.88 Å². The minimum atomic E-state index is -0.422. The van der Waals surface area contributed by atoms with E-state index in [9.17, 15) is 4.79 Å². The Morgan fingerprint density at radius 2 is 2.04 bits per heavy atom. The number of rotatable bonds is 4. The van der Waals surface area contributed by atoms with Crippen LogP contribution in [0.1, 0.15) is 16.1 Å². The molecule has 0 aromatic carbocycles. The van der Waals surface area contributed by atoms with Crippen molar-refractivity contribution < 1.29 is 9.53 Å². The van der Waals surface area contributed by atoms with Gasteiger partial charge in [-0.1, -0.05) is 23.2 Å². The second-order valence-electron chi connectivity index (χ2n) is 4.73. The summed E-state index contributed by atoms with van der Waals surface area (Å²) in [6.07, 6.45) is 3.86. The lowest BCUT2D eigenvalue weighted by molar-refractivity contribution is 0.102. The van der Waals surface area contributed by atoms with Crippen molar-refractivity contribution in [1.29, 1.82) is 5.41 Å². The first-order valence-corrected chi connectivity index (χ1v) is 7.48. The molecule has 0 spiro atoms. The lowest BCUT2D eigenvalue weighted by Gasteiger charge is -2.10. The van der Waals surface area contributed by atoms with Crippen molar-refractivity contribution >= 4 is 46.5 Å². The van der Waals surface area contributed by atoms with Crippen LogP contribution in [0.4, 0.5) is 5.69 Å². The van der Waals surface area contributed by atoms with E-state index < -0.39 is 5.91 Å². The van der Waals surface area contributed by atoms with Crippen LogP contribution in [0.2, 0.25) is 10.0 Å². The van der Waals surface area contributed by atoms with Gasteiger partial charge in [-0.3, -0.25) is 9.78 Å². The van der Waals surface area contributed by atoms with E-state index in [4.69, 9.17) is 33.3 Å². The number of aromatic nitrogens is 3. The van der Waals surface area contributed by atoms with E-state index in [1.165, 1.54) is 24.0 Å². The maximum atomic E-state index is 12.6. The van der Waals surface area contributed by atoms with Gasteiger partial charge in [-0.15, -0.1) is 0 Å². The summed E-state index contributed by atoms with van der Waals surface area (Å²) in [6, 6.07) is 4.82. The topological polar surface area (TPSA) is 92.4 Å². The summed E-state index contributed by atoms with van der Waals surface area (Å²) in [7, 11) is 1.50. The summed E-state index contributed by atoms with van der Waals surface area (Å²) < 4.78 is 6.67. The van der Waals surface area contributed by atoms with Crippen LogP contribution in [0.15, 0.2) is 30.6 Å². The van der Waals surface area contributed by atoms with Gasteiger partial charge in [-0.25, -0.2) is 0 Å². The monoisotopic (exact) mass is 363 g/mol. The van der Waals surface area contributed by atoms with Gasteiger partial charge in [-0.05, 0) is 12.1 Å². The van der Waals surface area contributed by atoms with Crippen LogP contribution in [-0.2, 0) is 0 Å². The number of halogens is 2. The van der Waals surface area contributed by atoms with Gasteiger partial charge in [-0.2, -0.15) is 9.61 Å². The van der Waals surface area contributed by atoms with Crippen LogP contribution in [0.25, 0.3) is 5.52 Å². The standard InChI is InChI=1S/C15H11Cl2N5O2/c1-24-13-3-2-9(12-4-8(5-18)21-22(12)13)15(23)20-14-10(16)6-19-7-11(14)17/h2-7,18H,1H3,(H,19,20,23). The van der Waals surface area contributed by atoms with Gasteiger partial charge in [0.15, 0.2) is 0 Å². The van der Waals surface area contributed by atoms with Crippen molar-refractivity contribution in [1.82, 2.24) is 14.6 Å². The quantitative estimate of drug-likeness (QED) is 0.695. The van der Waals surface area contributed by atoms with Gasteiger partial charge < -0.3 is 15.5 Å². The van der Waals surface area contributed by atoms with Gasteiger partial charge in [0, 0.05) is 24.7 Å². The number of hydrogen-bond donors (Lipinski definition) is 2. The van der Waals surface area contributed by atoms with Crippen molar-refractivity contribution in [2.45, 2.75) is 0 Å². The largest absolute Gasteiger partial charge is 0.481 e. The summed E-state index contributed by atoms with van der Waals surface area (Å²) in [5, 5.41) is 14.7. The molecule has 3 heterocycles. The summed E-state index contributed by atoms with van der Waals surface area (Å²) in [6.45, 7) is 0. The summed E-state index contributed by atoms with van der Waals surface area (Å²) in [4.78, 5) is 16.5. The molecule has 3 aromatic rings. The maximum Gasteiger partial charge on any atom is 0.257 e. The molecule has 0 saturated heterocycles. The molecular weight excluding hydrogens is 353 g/mol. The highest BCUT2D eigenvalue weighted by Gasteiger charge is 2.17. The van der Waals surface area contributed by atoms with E-state index in [0.29, 0.717) is 22.7 Å². The molecule has 3 rings (SSSR count). The summed E-state index contributed by atoms with van der Waals surface area (Å²) >= 11 is 12.0. The van der Waals surface area contributed by atoms with Gasteiger partial charge in [0.2, 0.25) is 5.88 Å². The van der Waals surface area contributed by atoms with Crippen molar-refractivity contribution in [2.24, 2.45) is 0 Å². The molecule has 1 amide bonds. The molecule has 7 nitrogen and oxygen atoms in total. The van der Waals surface area contributed by atoms with E-state index in [2.05, 4.69) is 15.4 Å². The number of ether oxygens (including phenoxy) is 1. The SMILES string of the molecule is COc1ccc(C(=O)Nc2c(Cl)cncc2Cl)c2cc(C=N)nn12.